The van der Waals surface area contributed by atoms with Crippen molar-refractivity contribution in [2.45, 2.75) is 6.23 Å². The molecule has 228 valence electrons. The highest BCUT2D eigenvalue weighted by Crippen LogP contribution is 2.47. The molecule has 0 fully saturated rings. The number of carbonyl (C=O) groups excluding carboxylic acids is 1. The molecule has 0 aliphatic carbocycles. The first kappa shape index (κ1) is 28.0. The fraction of sp³-hybridized carbons (Fsp3) is 0.0227. The number of aromatic nitrogens is 1. The molecule has 1 aliphatic rings. The van der Waals surface area contributed by atoms with E-state index in [0.717, 1.165) is 60.9 Å². The molecule has 0 spiro atoms. The number of carbonyl (C=O) groups is 1. The van der Waals surface area contributed by atoms with Crippen LogP contribution in [-0.4, -0.2) is 15.6 Å². The summed E-state index contributed by atoms with van der Waals surface area (Å²) >= 11 is 0. The molecule has 1 N–H and O–H groups in total. The van der Waals surface area contributed by atoms with Crippen LogP contribution < -0.4 is 4.90 Å². The van der Waals surface area contributed by atoms with Gasteiger partial charge in [0, 0.05) is 33.0 Å². The normalized spacial score (nSPS) is 14.1. The maximum atomic E-state index is 14.5. The van der Waals surface area contributed by atoms with Gasteiger partial charge in [-0.15, -0.1) is 0 Å². The molecule has 8 aromatic rings. The van der Waals surface area contributed by atoms with E-state index in [9.17, 15) is 9.90 Å². The van der Waals surface area contributed by atoms with Crippen LogP contribution in [0, 0.1) is 0 Å². The van der Waals surface area contributed by atoms with E-state index in [1.807, 2.05) is 78.9 Å². The Kier molecular flexibility index (Phi) is 6.56. The molecular formula is C44H30N2O2. The third-order valence-corrected chi connectivity index (χ3v) is 9.50. The largest absolute Gasteiger partial charge is 0.369 e. The number of para-hydroxylation sites is 2. The Morgan fingerprint density at radius 1 is 0.458 bits per heavy atom. The van der Waals surface area contributed by atoms with Crippen molar-refractivity contribution in [3.63, 3.8) is 0 Å². The standard InChI is InChI=1S/C44H30N2O2/c47-43-36-25-14-28-39(45-37-26-11-10-21-34(37)35-24-12-23-33(42(35)45)30-17-6-2-7-18-30)41(36)44(48)46(43)38-27-13-22-32(29-15-4-1-5-16-29)40(38)31-19-8-3-9-20-31/h1-28,44,48H. The summed E-state index contributed by atoms with van der Waals surface area (Å²) in [7, 11) is 0. The highest BCUT2D eigenvalue weighted by atomic mass is 16.3. The Morgan fingerprint density at radius 3 is 1.69 bits per heavy atom. The van der Waals surface area contributed by atoms with E-state index >= 15 is 0 Å². The lowest BCUT2D eigenvalue weighted by atomic mass is 9.92. The zero-order chi connectivity index (χ0) is 32.2. The van der Waals surface area contributed by atoms with Crippen LogP contribution in [-0.2, 0) is 0 Å². The average molecular weight is 619 g/mol. The summed E-state index contributed by atoms with van der Waals surface area (Å²) in [4.78, 5) is 16.1. The van der Waals surface area contributed by atoms with Crippen molar-refractivity contribution < 1.29 is 9.90 Å². The van der Waals surface area contributed by atoms with Crippen LogP contribution in [0.15, 0.2) is 170 Å². The third-order valence-electron chi connectivity index (χ3n) is 9.50. The van der Waals surface area contributed by atoms with E-state index in [-0.39, 0.29) is 5.91 Å². The smallest absolute Gasteiger partial charge is 0.261 e. The minimum absolute atomic E-state index is 0.231. The molecule has 1 atom stereocenters. The summed E-state index contributed by atoms with van der Waals surface area (Å²) in [5.41, 5.74) is 10.7. The molecule has 1 aromatic heterocycles. The molecule has 9 rings (SSSR count). The molecule has 0 bridgehead atoms. The van der Waals surface area contributed by atoms with Crippen molar-refractivity contribution in [3.05, 3.63) is 181 Å². The van der Waals surface area contributed by atoms with Gasteiger partial charge in [-0.2, -0.15) is 0 Å². The molecule has 1 amide bonds. The second-order valence-electron chi connectivity index (χ2n) is 12.1. The van der Waals surface area contributed by atoms with Crippen molar-refractivity contribution in [2.75, 3.05) is 4.90 Å². The van der Waals surface area contributed by atoms with E-state index in [0.29, 0.717) is 16.8 Å². The van der Waals surface area contributed by atoms with Gasteiger partial charge >= 0.3 is 0 Å². The second-order valence-corrected chi connectivity index (χ2v) is 12.1. The fourth-order valence-corrected chi connectivity index (χ4v) is 7.44. The van der Waals surface area contributed by atoms with Gasteiger partial charge in [-0.25, -0.2) is 0 Å². The monoisotopic (exact) mass is 618 g/mol. The van der Waals surface area contributed by atoms with Crippen molar-refractivity contribution in [2.24, 2.45) is 0 Å². The highest BCUT2D eigenvalue weighted by Gasteiger charge is 2.40. The van der Waals surface area contributed by atoms with Gasteiger partial charge in [0.15, 0.2) is 6.23 Å². The van der Waals surface area contributed by atoms with Gasteiger partial charge in [0.1, 0.15) is 0 Å². The van der Waals surface area contributed by atoms with Gasteiger partial charge < -0.3 is 9.67 Å². The number of benzene rings is 7. The number of hydrogen-bond acceptors (Lipinski definition) is 2. The summed E-state index contributed by atoms with van der Waals surface area (Å²) in [6.07, 6.45) is -1.21. The molecule has 1 unspecified atom stereocenters. The number of fused-ring (bicyclic) bond motifs is 4. The van der Waals surface area contributed by atoms with E-state index in [2.05, 4.69) is 95.6 Å². The van der Waals surface area contributed by atoms with Crippen LogP contribution in [0.1, 0.15) is 22.1 Å². The Hall–Kier alpha value is -6.23. The van der Waals surface area contributed by atoms with E-state index in [1.54, 1.807) is 4.90 Å². The summed E-state index contributed by atoms with van der Waals surface area (Å²) in [6, 6.07) is 57.2. The number of nitrogens with zero attached hydrogens (tertiary/aromatic N) is 2. The maximum absolute atomic E-state index is 14.5. The summed E-state index contributed by atoms with van der Waals surface area (Å²) in [6.45, 7) is 0. The Morgan fingerprint density at radius 2 is 0.979 bits per heavy atom. The molecule has 48 heavy (non-hydrogen) atoms. The quantitative estimate of drug-likeness (QED) is 0.209. The number of aliphatic hydroxyl groups is 1. The van der Waals surface area contributed by atoms with Crippen LogP contribution >= 0.6 is 0 Å². The molecular weight excluding hydrogens is 588 g/mol. The second kappa shape index (κ2) is 11.2. The topological polar surface area (TPSA) is 45.5 Å². The highest BCUT2D eigenvalue weighted by molar-refractivity contribution is 6.16. The lowest BCUT2D eigenvalue weighted by Crippen LogP contribution is -2.28. The minimum Gasteiger partial charge on any atom is -0.369 e. The molecule has 0 saturated carbocycles. The molecule has 7 aromatic carbocycles. The lowest BCUT2D eigenvalue weighted by Gasteiger charge is -2.26. The summed E-state index contributed by atoms with van der Waals surface area (Å²) < 4.78 is 2.23. The number of hydrogen-bond donors (Lipinski definition) is 1. The Labute approximate surface area is 278 Å². The molecule has 0 saturated heterocycles. The molecule has 0 radical (unpaired) electrons. The fourth-order valence-electron chi connectivity index (χ4n) is 7.44. The molecule has 2 heterocycles. The van der Waals surface area contributed by atoms with Crippen LogP contribution in [0.25, 0.3) is 60.9 Å². The first-order chi connectivity index (χ1) is 23.7. The van der Waals surface area contributed by atoms with Crippen molar-refractivity contribution in [1.29, 1.82) is 0 Å². The maximum Gasteiger partial charge on any atom is 0.261 e. The number of amides is 1. The minimum atomic E-state index is -1.21. The van der Waals surface area contributed by atoms with Crippen LogP contribution in [0.2, 0.25) is 0 Å². The average Bonchev–Trinajstić information content (AvgIpc) is 3.63. The lowest BCUT2D eigenvalue weighted by molar-refractivity contribution is 0.0935. The zero-order valence-electron chi connectivity index (χ0n) is 26.0. The van der Waals surface area contributed by atoms with E-state index in [4.69, 9.17) is 0 Å². The van der Waals surface area contributed by atoms with Crippen LogP contribution in [0.4, 0.5) is 5.69 Å². The number of aliphatic hydroxyl groups excluding tert-OH is 1. The molecule has 4 heteroatoms. The SMILES string of the molecule is O=C1c2cccc(-n3c4ccccc4c4cccc(-c5ccccc5)c43)c2C(O)N1c1cccc(-c2ccccc2)c1-c1ccccc1. The summed E-state index contributed by atoms with van der Waals surface area (Å²) in [5.74, 6) is -0.231. The molecule has 1 aliphatic heterocycles. The predicted octanol–water partition coefficient (Wildman–Crippen LogP) is 10.4. The predicted molar refractivity (Wildman–Crippen MR) is 195 cm³/mol. The summed E-state index contributed by atoms with van der Waals surface area (Å²) in [5, 5.41) is 14.6. The Balaban J connectivity index is 1.29. The van der Waals surface area contributed by atoms with Crippen LogP contribution in [0.3, 0.4) is 0 Å². The van der Waals surface area contributed by atoms with Gasteiger partial charge in [0.25, 0.3) is 5.91 Å². The van der Waals surface area contributed by atoms with Gasteiger partial charge in [0.05, 0.1) is 22.4 Å². The third kappa shape index (κ3) is 4.24. The van der Waals surface area contributed by atoms with Crippen molar-refractivity contribution >= 4 is 33.4 Å². The molecule has 4 nitrogen and oxygen atoms in total. The van der Waals surface area contributed by atoms with Gasteiger partial charge in [0.2, 0.25) is 0 Å². The number of rotatable bonds is 5. The first-order valence-corrected chi connectivity index (χ1v) is 16.2. The van der Waals surface area contributed by atoms with Gasteiger partial charge in [-0.05, 0) is 46.5 Å². The van der Waals surface area contributed by atoms with Crippen molar-refractivity contribution in [3.8, 4) is 39.1 Å². The van der Waals surface area contributed by atoms with Crippen molar-refractivity contribution in [1.82, 2.24) is 4.57 Å². The first-order valence-electron chi connectivity index (χ1n) is 16.2. The number of anilines is 1. The van der Waals surface area contributed by atoms with Gasteiger partial charge in [-0.1, -0.05) is 146 Å². The van der Waals surface area contributed by atoms with E-state index in [1.165, 1.54) is 0 Å². The van der Waals surface area contributed by atoms with E-state index < -0.39 is 6.23 Å². The Bertz CT molecular complexity index is 2480. The van der Waals surface area contributed by atoms with Gasteiger partial charge in [-0.3, -0.25) is 9.69 Å². The zero-order valence-corrected chi connectivity index (χ0v) is 26.0. The van der Waals surface area contributed by atoms with Crippen LogP contribution in [0.5, 0.6) is 0 Å².